The summed E-state index contributed by atoms with van der Waals surface area (Å²) in [6.45, 7) is 5.65. The number of hydrogen-bond donors (Lipinski definition) is 1. The molecule has 0 aromatic carbocycles. The Morgan fingerprint density at radius 3 is 2.33 bits per heavy atom. The molecule has 0 aliphatic heterocycles. The molecular weight excluding hydrogens is 156 g/mol. The number of imide groups is 1. The summed E-state index contributed by atoms with van der Waals surface area (Å²) in [6, 6.07) is 0. The number of rotatable bonds is 4. The Morgan fingerprint density at radius 1 is 1.58 bits per heavy atom. The topological polar surface area (TPSA) is 49.4 Å². The van der Waals surface area contributed by atoms with Crippen molar-refractivity contribution < 1.29 is 9.59 Å². The Hall–Kier alpha value is -0.900. The minimum Gasteiger partial charge on any atom is -0.307 e. The Morgan fingerprint density at radius 2 is 2.08 bits per heavy atom. The number of likely N-dealkylation sites (N-methyl/N-ethyl adjacent to an activating group) is 2. The number of carbonyl (C=O) groups is 2. The van der Waals surface area contributed by atoms with Crippen molar-refractivity contribution in [2.24, 2.45) is 0 Å². The zero-order chi connectivity index (χ0) is 9.78. The lowest BCUT2D eigenvalue weighted by Crippen LogP contribution is -2.52. The van der Waals surface area contributed by atoms with Crippen LogP contribution in [0, 0.1) is 0 Å². The van der Waals surface area contributed by atoms with Crippen LogP contribution in [-0.4, -0.2) is 36.3 Å². The van der Waals surface area contributed by atoms with Crippen molar-refractivity contribution in [1.29, 1.82) is 0 Å². The largest absolute Gasteiger partial charge is 0.307 e. The lowest BCUT2D eigenvalue weighted by Gasteiger charge is -2.26. The van der Waals surface area contributed by atoms with Crippen molar-refractivity contribution in [2.75, 3.05) is 13.6 Å². The van der Waals surface area contributed by atoms with Crippen molar-refractivity contribution in [2.45, 2.75) is 26.3 Å². The second-order valence-electron chi connectivity index (χ2n) is 3.07. The number of hydrogen-bond acceptors (Lipinski definition) is 3. The van der Waals surface area contributed by atoms with Crippen LogP contribution >= 0.6 is 0 Å². The Bertz CT molecular complexity index is 178. The van der Waals surface area contributed by atoms with Gasteiger partial charge in [0.15, 0.2) is 0 Å². The molecule has 4 heteroatoms. The normalized spacial score (nSPS) is 11.0. The van der Waals surface area contributed by atoms with Crippen molar-refractivity contribution in [3.05, 3.63) is 0 Å². The van der Waals surface area contributed by atoms with Crippen LogP contribution in [0.4, 0.5) is 0 Å². The molecule has 12 heavy (non-hydrogen) atoms. The predicted octanol–water partition coefficient (Wildman–Crippen LogP) is -0.0107. The lowest BCUT2D eigenvalue weighted by atomic mass is 10.0. The quantitative estimate of drug-likeness (QED) is 0.607. The molecule has 0 saturated heterocycles. The summed E-state index contributed by atoms with van der Waals surface area (Å²) >= 11 is 0. The average Bonchev–Trinajstić information content (AvgIpc) is 2.06. The highest BCUT2D eigenvalue weighted by Gasteiger charge is 2.29. The van der Waals surface area contributed by atoms with Crippen LogP contribution in [0.15, 0.2) is 0 Å². The highest BCUT2D eigenvalue weighted by molar-refractivity contribution is 5.92. The molecule has 70 valence electrons. The van der Waals surface area contributed by atoms with Crippen LogP contribution in [-0.2, 0) is 9.59 Å². The van der Waals surface area contributed by atoms with Gasteiger partial charge in [0.1, 0.15) is 0 Å². The van der Waals surface area contributed by atoms with Gasteiger partial charge in [0, 0.05) is 6.54 Å². The van der Waals surface area contributed by atoms with Gasteiger partial charge in [-0.3, -0.25) is 14.5 Å². The van der Waals surface area contributed by atoms with E-state index in [1.54, 1.807) is 27.8 Å². The lowest BCUT2D eigenvalue weighted by molar-refractivity contribution is -0.142. The molecule has 0 aliphatic carbocycles. The molecule has 0 aliphatic rings. The van der Waals surface area contributed by atoms with Gasteiger partial charge < -0.3 is 5.32 Å². The van der Waals surface area contributed by atoms with Crippen molar-refractivity contribution in [3.63, 3.8) is 0 Å². The zero-order valence-corrected chi connectivity index (χ0v) is 8.05. The molecule has 0 heterocycles. The molecule has 0 rings (SSSR count). The minimum atomic E-state index is -0.670. The first-order valence-corrected chi connectivity index (χ1v) is 3.94. The molecule has 0 fully saturated rings. The summed E-state index contributed by atoms with van der Waals surface area (Å²) in [7, 11) is 1.69. The molecule has 4 nitrogen and oxygen atoms in total. The summed E-state index contributed by atoms with van der Waals surface area (Å²) in [4.78, 5) is 23.1. The molecule has 0 bridgehead atoms. The standard InChI is InChI=1S/C8H16N2O2/c1-5-10(6-11)7(12)8(2,3)9-4/h6,9H,5H2,1-4H3. The van der Waals surface area contributed by atoms with E-state index in [-0.39, 0.29) is 5.91 Å². The summed E-state index contributed by atoms with van der Waals surface area (Å²) in [5, 5.41) is 2.84. The fourth-order valence-electron chi connectivity index (χ4n) is 0.732. The van der Waals surface area contributed by atoms with Gasteiger partial charge in [0.05, 0.1) is 5.54 Å². The zero-order valence-electron chi connectivity index (χ0n) is 8.05. The molecule has 0 spiro atoms. The van der Waals surface area contributed by atoms with Crippen molar-refractivity contribution >= 4 is 12.3 Å². The van der Waals surface area contributed by atoms with Gasteiger partial charge >= 0.3 is 0 Å². The third kappa shape index (κ3) is 2.30. The Kier molecular flexibility index (Phi) is 3.89. The summed E-state index contributed by atoms with van der Waals surface area (Å²) < 4.78 is 0. The van der Waals surface area contributed by atoms with E-state index < -0.39 is 5.54 Å². The second kappa shape index (κ2) is 4.21. The van der Waals surface area contributed by atoms with Gasteiger partial charge in [0.2, 0.25) is 12.3 Å². The summed E-state index contributed by atoms with van der Waals surface area (Å²) in [5.41, 5.74) is -0.670. The smallest absolute Gasteiger partial charge is 0.248 e. The molecule has 0 aromatic rings. The molecular formula is C8H16N2O2. The van der Waals surface area contributed by atoms with Crippen LogP contribution in [0.1, 0.15) is 20.8 Å². The van der Waals surface area contributed by atoms with E-state index in [2.05, 4.69) is 5.32 Å². The molecule has 2 amide bonds. The second-order valence-corrected chi connectivity index (χ2v) is 3.07. The molecule has 1 N–H and O–H groups in total. The van der Waals surface area contributed by atoms with Gasteiger partial charge in [0.25, 0.3) is 0 Å². The SMILES string of the molecule is CCN(C=O)C(=O)C(C)(C)NC. The average molecular weight is 172 g/mol. The van der Waals surface area contributed by atoms with Gasteiger partial charge in [-0.05, 0) is 27.8 Å². The van der Waals surface area contributed by atoms with Crippen LogP contribution in [0.3, 0.4) is 0 Å². The predicted molar refractivity (Wildman–Crippen MR) is 46.6 cm³/mol. The first-order valence-electron chi connectivity index (χ1n) is 3.94. The summed E-state index contributed by atoms with van der Waals surface area (Å²) in [6.07, 6.45) is 0.557. The Balaban J connectivity index is 4.45. The van der Waals surface area contributed by atoms with Crippen LogP contribution in [0.5, 0.6) is 0 Å². The fourth-order valence-corrected chi connectivity index (χ4v) is 0.732. The maximum absolute atomic E-state index is 11.5. The monoisotopic (exact) mass is 172 g/mol. The molecule has 0 radical (unpaired) electrons. The third-order valence-electron chi connectivity index (χ3n) is 1.89. The maximum Gasteiger partial charge on any atom is 0.248 e. The highest BCUT2D eigenvalue weighted by Crippen LogP contribution is 2.05. The van der Waals surface area contributed by atoms with Gasteiger partial charge in [-0.1, -0.05) is 0 Å². The number of carbonyl (C=O) groups excluding carboxylic acids is 2. The van der Waals surface area contributed by atoms with E-state index in [1.165, 1.54) is 0 Å². The molecule has 0 aromatic heterocycles. The molecule has 0 atom stereocenters. The van der Waals surface area contributed by atoms with E-state index in [1.807, 2.05) is 0 Å². The molecule has 0 unspecified atom stereocenters. The number of nitrogens with zero attached hydrogens (tertiary/aromatic N) is 1. The summed E-state index contributed by atoms with van der Waals surface area (Å²) in [5.74, 6) is -0.206. The number of nitrogens with one attached hydrogen (secondary N) is 1. The van der Waals surface area contributed by atoms with Gasteiger partial charge in [-0.25, -0.2) is 0 Å². The molecule has 0 saturated carbocycles. The maximum atomic E-state index is 11.5. The van der Waals surface area contributed by atoms with Gasteiger partial charge in [-0.2, -0.15) is 0 Å². The van der Waals surface area contributed by atoms with Crippen LogP contribution in [0.2, 0.25) is 0 Å². The minimum absolute atomic E-state index is 0.206. The van der Waals surface area contributed by atoms with E-state index in [9.17, 15) is 9.59 Å². The number of amides is 2. The third-order valence-corrected chi connectivity index (χ3v) is 1.89. The van der Waals surface area contributed by atoms with E-state index in [0.29, 0.717) is 13.0 Å². The first kappa shape index (κ1) is 11.1. The fraction of sp³-hybridized carbons (Fsp3) is 0.750. The van der Waals surface area contributed by atoms with E-state index in [0.717, 1.165) is 4.90 Å². The first-order chi connectivity index (χ1) is 5.49. The van der Waals surface area contributed by atoms with Gasteiger partial charge in [-0.15, -0.1) is 0 Å². The van der Waals surface area contributed by atoms with E-state index >= 15 is 0 Å². The van der Waals surface area contributed by atoms with Crippen LogP contribution < -0.4 is 5.32 Å². The van der Waals surface area contributed by atoms with E-state index in [4.69, 9.17) is 0 Å². The Labute approximate surface area is 72.9 Å². The van der Waals surface area contributed by atoms with Crippen molar-refractivity contribution in [3.8, 4) is 0 Å². The van der Waals surface area contributed by atoms with Crippen molar-refractivity contribution in [1.82, 2.24) is 10.2 Å². The van der Waals surface area contributed by atoms with Crippen LogP contribution in [0.25, 0.3) is 0 Å². The highest BCUT2D eigenvalue weighted by atomic mass is 16.2.